The number of hydrogen-bond donors (Lipinski definition) is 2. The molecule has 3 aliphatic rings. The van der Waals surface area contributed by atoms with Crippen LogP contribution >= 0.6 is 0 Å². The molecule has 0 amide bonds. The van der Waals surface area contributed by atoms with Gasteiger partial charge in [-0.1, -0.05) is 32.6 Å². The van der Waals surface area contributed by atoms with Gasteiger partial charge in [-0.15, -0.1) is 5.10 Å². The van der Waals surface area contributed by atoms with E-state index in [1.807, 2.05) is 4.90 Å². The molecular formula is C21H40N6+2. The molecule has 0 spiro atoms. The Morgan fingerprint density at radius 1 is 0.963 bits per heavy atom. The van der Waals surface area contributed by atoms with Crippen molar-refractivity contribution in [2.45, 2.75) is 102 Å². The Kier molecular flexibility index (Phi) is 6.77. The molecule has 0 aromatic carbocycles. The van der Waals surface area contributed by atoms with E-state index in [4.69, 9.17) is 0 Å². The topological polar surface area (TPSA) is 52.5 Å². The van der Waals surface area contributed by atoms with Crippen LogP contribution in [0.25, 0.3) is 0 Å². The van der Waals surface area contributed by atoms with E-state index in [-0.39, 0.29) is 0 Å². The van der Waals surface area contributed by atoms with Crippen LogP contribution in [0.5, 0.6) is 0 Å². The Labute approximate surface area is 164 Å². The van der Waals surface area contributed by atoms with Crippen molar-refractivity contribution in [3.63, 3.8) is 0 Å². The molecule has 0 bridgehead atoms. The summed E-state index contributed by atoms with van der Waals surface area (Å²) in [6.07, 6.45) is 16.3. The fourth-order valence-electron chi connectivity index (χ4n) is 5.92. The van der Waals surface area contributed by atoms with Crippen LogP contribution in [0.15, 0.2) is 0 Å². The maximum Gasteiger partial charge on any atom is 0.209 e. The van der Waals surface area contributed by atoms with Gasteiger partial charge in [-0.05, 0) is 55.4 Å². The number of nitrogens with one attached hydrogen (secondary N) is 2. The lowest BCUT2D eigenvalue weighted by Crippen LogP contribution is -3.29. The summed E-state index contributed by atoms with van der Waals surface area (Å²) in [6.45, 7) is 7.56. The zero-order chi connectivity index (χ0) is 18.5. The lowest BCUT2D eigenvalue weighted by atomic mass is 9.93. The number of piperazine rings is 1. The molecule has 4 rings (SSSR count). The molecule has 3 fully saturated rings. The smallest absolute Gasteiger partial charge is 0.209 e. The molecule has 2 N–H and O–H groups in total. The predicted octanol–water partition coefficient (Wildman–Crippen LogP) is 1.14. The summed E-state index contributed by atoms with van der Waals surface area (Å²) >= 11 is 0. The maximum absolute atomic E-state index is 4.57. The van der Waals surface area contributed by atoms with E-state index in [0.717, 1.165) is 6.04 Å². The van der Waals surface area contributed by atoms with Gasteiger partial charge >= 0.3 is 0 Å². The van der Waals surface area contributed by atoms with E-state index >= 15 is 0 Å². The Morgan fingerprint density at radius 2 is 1.67 bits per heavy atom. The normalized spacial score (nSPS) is 29.2. The van der Waals surface area contributed by atoms with Crippen molar-refractivity contribution in [2.24, 2.45) is 0 Å². The van der Waals surface area contributed by atoms with Crippen LogP contribution in [0, 0.1) is 0 Å². The minimum absolute atomic E-state index is 0.494. The summed E-state index contributed by atoms with van der Waals surface area (Å²) in [7, 11) is 0. The molecule has 0 unspecified atom stereocenters. The summed E-state index contributed by atoms with van der Waals surface area (Å²) in [6, 6.07) is 1.99. The first-order valence-corrected chi connectivity index (χ1v) is 11.8. The van der Waals surface area contributed by atoms with Crippen molar-refractivity contribution in [3.8, 4) is 0 Å². The Hall–Kier alpha value is -1.01. The van der Waals surface area contributed by atoms with Gasteiger partial charge in [0, 0.05) is 6.42 Å². The summed E-state index contributed by atoms with van der Waals surface area (Å²) in [5.41, 5.74) is 0. The van der Waals surface area contributed by atoms with Gasteiger partial charge in [-0.2, -0.15) is 0 Å². The lowest BCUT2D eigenvalue weighted by molar-refractivity contribution is -1.04. The SMILES string of the molecule is CCCC[C@H](c1nnnn1C1CCCC1)[NH+]1CC[NH+](C2CCCCC2)CC1. The molecule has 6 nitrogen and oxygen atoms in total. The first-order chi connectivity index (χ1) is 13.4. The molecule has 152 valence electrons. The van der Waals surface area contributed by atoms with Gasteiger partial charge in [0.15, 0.2) is 0 Å². The van der Waals surface area contributed by atoms with Gasteiger partial charge < -0.3 is 9.80 Å². The van der Waals surface area contributed by atoms with Crippen LogP contribution in [0.4, 0.5) is 0 Å². The average Bonchev–Trinajstić information content (AvgIpc) is 3.41. The van der Waals surface area contributed by atoms with Gasteiger partial charge in [-0.25, -0.2) is 4.68 Å². The largest absolute Gasteiger partial charge is 0.323 e. The van der Waals surface area contributed by atoms with Crippen molar-refractivity contribution < 1.29 is 9.80 Å². The molecule has 27 heavy (non-hydrogen) atoms. The summed E-state index contributed by atoms with van der Waals surface area (Å²) in [4.78, 5) is 3.64. The van der Waals surface area contributed by atoms with Crippen LogP contribution in [0.3, 0.4) is 0 Å². The number of nitrogens with zero attached hydrogens (tertiary/aromatic N) is 4. The second kappa shape index (κ2) is 9.46. The van der Waals surface area contributed by atoms with Gasteiger partial charge in [0.05, 0.1) is 12.1 Å². The second-order valence-corrected chi connectivity index (χ2v) is 9.27. The molecule has 2 saturated carbocycles. The van der Waals surface area contributed by atoms with Crippen LogP contribution < -0.4 is 9.80 Å². The van der Waals surface area contributed by atoms with Crippen molar-refractivity contribution >= 4 is 0 Å². The van der Waals surface area contributed by atoms with E-state index in [9.17, 15) is 0 Å². The standard InChI is InChI=1S/C21H38N6/c1-2-3-13-20(21-22-23-24-27(21)19-11-7-8-12-19)26-16-14-25(15-17-26)18-9-5-4-6-10-18/h18-20H,2-17H2,1H3/p+2/t20-/m1/s1. The number of hydrogen-bond acceptors (Lipinski definition) is 3. The van der Waals surface area contributed by atoms with Crippen molar-refractivity contribution in [3.05, 3.63) is 5.82 Å². The first kappa shape index (κ1) is 19.3. The summed E-state index contributed by atoms with van der Waals surface area (Å²) in [5.74, 6) is 1.19. The zero-order valence-corrected chi connectivity index (χ0v) is 17.3. The third-order valence-electron chi connectivity index (χ3n) is 7.56. The van der Waals surface area contributed by atoms with Gasteiger partial charge in [0.2, 0.25) is 5.82 Å². The molecule has 1 saturated heterocycles. The molecule has 1 aromatic heterocycles. The summed E-state index contributed by atoms with van der Waals surface area (Å²) < 4.78 is 2.22. The number of rotatable bonds is 7. The monoisotopic (exact) mass is 376 g/mol. The zero-order valence-electron chi connectivity index (χ0n) is 17.3. The van der Waals surface area contributed by atoms with Crippen molar-refractivity contribution in [2.75, 3.05) is 26.2 Å². The molecule has 1 atom stereocenters. The number of quaternary nitrogens is 2. The molecular weight excluding hydrogens is 336 g/mol. The summed E-state index contributed by atoms with van der Waals surface area (Å²) in [5, 5.41) is 13.1. The van der Waals surface area contributed by atoms with Crippen LogP contribution in [-0.2, 0) is 0 Å². The van der Waals surface area contributed by atoms with E-state index < -0.39 is 0 Å². The van der Waals surface area contributed by atoms with E-state index in [2.05, 4.69) is 27.1 Å². The highest BCUT2D eigenvalue weighted by molar-refractivity contribution is 4.91. The number of aromatic nitrogens is 4. The van der Waals surface area contributed by atoms with E-state index in [0.29, 0.717) is 12.1 Å². The molecule has 2 heterocycles. The highest BCUT2D eigenvalue weighted by atomic mass is 15.6. The van der Waals surface area contributed by atoms with E-state index in [1.165, 1.54) is 109 Å². The Balaban J connectivity index is 1.43. The number of tetrazole rings is 1. The third kappa shape index (κ3) is 4.53. The van der Waals surface area contributed by atoms with Gasteiger partial charge in [0.25, 0.3) is 0 Å². The molecule has 1 aromatic rings. The Morgan fingerprint density at radius 3 is 2.37 bits per heavy atom. The predicted molar refractivity (Wildman–Crippen MR) is 106 cm³/mol. The van der Waals surface area contributed by atoms with Crippen molar-refractivity contribution in [1.29, 1.82) is 0 Å². The molecule has 0 radical (unpaired) electrons. The number of unbranched alkanes of at least 4 members (excludes halogenated alkanes) is 1. The Bertz CT molecular complexity index is 553. The first-order valence-electron chi connectivity index (χ1n) is 11.8. The van der Waals surface area contributed by atoms with Crippen molar-refractivity contribution in [1.82, 2.24) is 20.2 Å². The fourth-order valence-corrected chi connectivity index (χ4v) is 5.92. The second-order valence-electron chi connectivity index (χ2n) is 9.27. The minimum atomic E-state index is 0.494. The van der Waals surface area contributed by atoms with Crippen LogP contribution in [-0.4, -0.2) is 52.4 Å². The highest BCUT2D eigenvalue weighted by Crippen LogP contribution is 2.30. The van der Waals surface area contributed by atoms with Crippen LogP contribution in [0.2, 0.25) is 0 Å². The third-order valence-corrected chi connectivity index (χ3v) is 7.56. The quantitative estimate of drug-likeness (QED) is 0.750. The van der Waals surface area contributed by atoms with E-state index in [1.54, 1.807) is 4.90 Å². The molecule has 2 aliphatic carbocycles. The molecule has 6 heteroatoms. The van der Waals surface area contributed by atoms with Crippen LogP contribution in [0.1, 0.15) is 102 Å². The highest BCUT2D eigenvalue weighted by Gasteiger charge is 2.37. The fraction of sp³-hybridized carbons (Fsp3) is 0.952. The minimum Gasteiger partial charge on any atom is -0.323 e. The lowest BCUT2D eigenvalue weighted by Gasteiger charge is -2.38. The maximum atomic E-state index is 4.57. The molecule has 1 aliphatic heterocycles. The van der Waals surface area contributed by atoms with Gasteiger partial charge in [-0.3, -0.25) is 0 Å². The average molecular weight is 377 g/mol. The van der Waals surface area contributed by atoms with Gasteiger partial charge in [0.1, 0.15) is 32.2 Å².